The third kappa shape index (κ3) is 2.85. The zero-order valence-corrected chi connectivity index (χ0v) is 9.14. The van der Waals surface area contributed by atoms with Crippen molar-refractivity contribution >= 4 is 11.9 Å². The molecule has 1 saturated heterocycles. The van der Waals surface area contributed by atoms with Crippen molar-refractivity contribution in [2.24, 2.45) is 5.92 Å². The number of ether oxygens (including phenoxy) is 1. The lowest BCUT2D eigenvalue weighted by molar-refractivity contribution is -0.125. The second-order valence-corrected chi connectivity index (χ2v) is 3.85. The Labute approximate surface area is 97.6 Å². The van der Waals surface area contributed by atoms with Crippen molar-refractivity contribution in [3.63, 3.8) is 0 Å². The number of rotatable bonds is 4. The first-order valence-electron chi connectivity index (χ1n) is 5.34. The fraction of sp³-hybridized carbons (Fsp3) is 0.455. The summed E-state index contributed by atoms with van der Waals surface area (Å²) in [6, 6.07) is 2.90. The summed E-state index contributed by atoms with van der Waals surface area (Å²) in [6.45, 7) is 1.26. The van der Waals surface area contributed by atoms with Crippen LogP contribution in [-0.4, -0.2) is 30.2 Å². The summed E-state index contributed by atoms with van der Waals surface area (Å²) in [5, 5.41) is 11.3. The Hall–Kier alpha value is -1.82. The Morgan fingerprint density at radius 3 is 2.88 bits per heavy atom. The van der Waals surface area contributed by atoms with E-state index in [1.165, 1.54) is 12.1 Å². The van der Waals surface area contributed by atoms with Gasteiger partial charge in [-0.25, -0.2) is 4.79 Å². The molecule has 0 saturated carbocycles. The lowest BCUT2D eigenvalue weighted by Gasteiger charge is -2.07. The first kappa shape index (κ1) is 11.7. The van der Waals surface area contributed by atoms with E-state index in [9.17, 15) is 9.59 Å². The third-order valence-electron chi connectivity index (χ3n) is 2.61. The van der Waals surface area contributed by atoms with Crippen LogP contribution >= 0.6 is 0 Å². The molecular formula is C11H13NO5. The van der Waals surface area contributed by atoms with Crippen molar-refractivity contribution < 1.29 is 23.8 Å². The molecule has 1 aromatic rings. The molecule has 1 fully saturated rings. The lowest BCUT2D eigenvalue weighted by Crippen LogP contribution is -2.30. The fourth-order valence-electron chi connectivity index (χ4n) is 1.65. The normalized spacial score (nSPS) is 19.2. The molecule has 2 rings (SSSR count). The highest BCUT2D eigenvalue weighted by Gasteiger charge is 2.23. The molecule has 2 heterocycles. The van der Waals surface area contributed by atoms with Crippen LogP contribution in [0.25, 0.3) is 0 Å². The molecule has 6 nitrogen and oxygen atoms in total. The van der Waals surface area contributed by atoms with Crippen molar-refractivity contribution in [2.75, 3.05) is 13.2 Å². The van der Waals surface area contributed by atoms with Crippen LogP contribution in [0.4, 0.5) is 0 Å². The van der Waals surface area contributed by atoms with Gasteiger partial charge in [-0.3, -0.25) is 4.79 Å². The Morgan fingerprint density at radius 2 is 2.29 bits per heavy atom. The molecule has 6 heteroatoms. The number of aromatic carboxylic acids is 1. The van der Waals surface area contributed by atoms with Crippen molar-refractivity contribution in [2.45, 2.75) is 13.0 Å². The highest BCUT2D eigenvalue weighted by Crippen LogP contribution is 2.13. The van der Waals surface area contributed by atoms with Gasteiger partial charge in [0.15, 0.2) is 0 Å². The maximum absolute atomic E-state index is 11.6. The minimum absolute atomic E-state index is 0.0872. The Kier molecular flexibility index (Phi) is 3.43. The van der Waals surface area contributed by atoms with Crippen LogP contribution in [-0.2, 0) is 16.1 Å². The fourth-order valence-corrected chi connectivity index (χ4v) is 1.65. The first-order chi connectivity index (χ1) is 8.16. The quantitative estimate of drug-likeness (QED) is 0.804. The molecule has 0 unspecified atom stereocenters. The number of carboxylic acids is 1. The number of hydrogen-bond acceptors (Lipinski definition) is 4. The zero-order valence-electron chi connectivity index (χ0n) is 9.14. The van der Waals surface area contributed by atoms with E-state index in [2.05, 4.69) is 5.32 Å². The van der Waals surface area contributed by atoms with Crippen LogP contribution in [0.1, 0.15) is 22.7 Å². The molecule has 2 N–H and O–H groups in total. The van der Waals surface area contributed by atoms with Crippen molar-refractivity contribution in [1.29, 1.82) is 0 Å². The van der Waals surface area contributed by atoms with E-state index in [0.717, 1.165) is 6.42 Å². The smallest absolute Gasteiger partial charge is 0.371 e. The first-order valence-corrected chi connectivity index (χ1v) is 5.34. The minimum atomic E-state index is -1.12. The molecule has 0 aliphatic carbocycles. The van der Waals surface area contributed by atoms with Crippen molar-refractivity contribution in [3.05, 3.63) is 23.7 Å². The average molecular weight is 239 g/mol. The minimum Gasteiger partial charge on any atom is -0.475 e. The molecule has 1 aliphatic rings. The van der Waals surface area contributed by atoms with Crippen molar-refractivity contribution in [1.82, 2.24) is 5.32 Å². The highest BCUT2D eigenvalue weighted by molar-refractivity contribution is 5.84. The van der Waals surface area contributed by atoms with Gasteiger partial charge in [0, 0.05) is 6.61 Å². The molecule has 17 heavy (non-hydrogen) atoms. The summed E-state index contributed by atoms with van der Waals surface area (Å²) in [6.07, 6.45) is 0.727. The van der Waals surface area contributed by atoms with Gasteiger partial charge in [-0.05, 0) is 18.6 Å². The van der Waals surface area contributed by atoms with Gasteiger partial charge >= 0.3 is 5.97 Å². The molecular weight excluding hydrogens is 226 g/mol. The second kappa shape index (κ2) is 5.01. The summed E-state index contributed by atoms with van der Waals surface area (Å²) in [5.41, 5.74) is 0. The zero-order chi connectivity index (χ0) is 12.3. The van der Waals surface area contributed by atoms with E-state index in [1.54, 1.807) is 0 Å². The molecule has 1 amide bonds. The number of carbonyl (C=O) groups is 2. The van der Waals surface area contributed by atoms with Gasteiger partial charge in [0.05, 0.1) is 19.1 Å². The predicted molar refractivity (Wildman–Crippen MR) is 56.4 cm³/mol. The number of hydrogen-bond donors (Lipinski definition) is 2. The third-order valence-corrected chi connectivity index (χ3v) is 2.61. The summed E-state index contributed by atoms with van der Waals surface area (Å²) in [7, 11) is 0. The van der Waals surface area contributed by atoms with E-state index < -0.39 is 5.97 Å². The SMILES string of the molecule is O=C(O)c1ccc(CNC(=O)[C@H]2CCOC2)o1. The summed E-state index contributed by atoms with van der Waals surface area (Å²) in [5.74, 6) is -1.01. The molecule has 92 valence electrons. The second-order valence-electron chi connectivity index (χ2n) is 3.85. The summed E-state index contributed by atoms with van der Waals surface area (Å²) < 4.78 is 10.1. The number of furan rings is 1. The van der Waals surface area contributed by atoms with E-state index in [4.69, 9.17) is 14.3 Å². The highest BCUT2D eigenvalue weighted by atomic mass is 16.5. The molecule has 0 spiro atoms. The summed E-state index contributed by atoms with van der Waals surface area (Å²) in [4.78, 5) is 22.2. The maximum Gasteiger partial charge on any atom is 0.371 e. The van der Waals surface area contributed by atoms with Crippen LogP contribution in [0, 0.1) is 5.92 Å². The van der Waals surface area contributed by atoms with Gasteiger partial charge < -0.3 is 19.6 Å². The number of nitrogens with one attached hydrogen (secondary N) is 1. The standard InChI is InChI=1S/C11H13NO5/c13-10(7-3-4-16-6-7)12-5-8-1-2-9(17-8)11(14)15/h1-2,7H,3-6H2,(H,12,13)(H,14,15)/t7-/m0/s1. The van der Waals surface area contributed by atoms with Gasteiger partial charge in [0.25, 0.3) is 0 Å². The van der Waals surface area contributed by atoms with Gasteiger partial charge in [-0.15, -0.1) is 0 Å². The molecule has 0 radical (unpaired) electrons. The number of carboxylic acid groups (broad SMARTS) is 1. The lowest BCUT2D eigenvalue weighted by atomic mass is 10.1. The largest absolute Gasteiger partial charge is 0.475 e. The van der Waals surface area contributed by atoms with Gasteiger partial charge in [0.1, 0.15) is 5.76 Å². The van der Waals surface area contributed by atoms with E-state index in [-0.39, 0.29) is 24.1 Å². The van der Waals surface area contributed by atoms with Gasteiger partial charge in [-0.1, -0.05) is 0 Å². The van der Waals surface area contributed by atoms with Crippen molar-refractivity contribution in [3.8, 4) is 0 Å². The number of carbonyl (C=O) groups excluding carboxylic acids is 1. The van der Waals surface area contributed by atoms with Crippen LogP contribution in [0.5, 0.6) is 0 Å². The van der Waals surface area contributed by atoms with E-state index in [1.807, 2.05) is 0 Å². The maximum atomic E-state index is 11.6. The molecule has 1 atom stereocenters. The topological polar surface area (TPSA) is 88.8 Å². The monoisotopic (exact) mass is 239 g/mol. The van der Waals surface area contributed by atoms with E-state index in [0.29, 0.717) is 19.0 Å². The van der Waals surface area contributed by atoms with Crippen LogP contribution in [0.3, 0.4) is 0 Å². The average Bonchev–Trinajstić information content (AvgIpc) is 2.97. The molecule has 1 aliphatic heterocycles. The van der Waals surface area contributed by atoms with Gasteiger partial charge in [0.2, 0.25) is 11.7 Å². The van der Waals surface area contributed by atoms with E-state index >= 15 is 0 Å². The summed E-state index contributed by atoms with van der Waals surface area (Å²) >= 11 is 0. The molecule has 0 aromatic carbocycles. The van der Waals surface area contributed by atoms with Crippen LogP contribution in [0.2, 0.25) is 0 Å². The van der Waals surface area contributed by atoms with Crippen LogP contribution < -0.4 is 5.32 Å². The predicted octanol–water partition coefficient (Wildman–Crippen LogP) is 0.631. The molecule has 0 bridgehead atoms. The molecule has 1 aromatic heterocycles. The Morgan fingerprint density at radius 1 is 1.47 bits per heavy atom. The van der Waals surface area contributed by atoms with Crippen LogP contribution in [0.15, 0.2) is 16.5 Å². The Balaban J connectivity index is 1.84. The number of amides is 1. The Bertz CT molecular complexity index is 419. The van der Waals surface area contributed by atoms with Gasteiger partial charge in [-0.2, -0.15) is 0 Å².